The molecule has 0 unspecified atom stereocenters. The van der Waals surface area contributed by atoms with Crippen molar-refractivity contribution in [2.24, 2.45) is 4.99 Å². The summed E-state index contributed by atoms with van der Waals surface area (Å²) in [5.41, 5.74) is 6.79. The minimum absolute atomic E-state index is 0.0911. The van der Waals surface area contributed by atoms with E-state index in [2.05, 4.69) is 16.6 Å². The highest BCUT2D eigenvalue weighted by Crippen LogP contribution is 2.29. The van der Waals surface area contributed by atoms with Crippen LogP contribution in [0.1, 0.15) is 16.7 Å². The SMILES string of the molecule is Cc1ccc(C[C@@H]2CONC(c3cc4ccnn4cc3Oc3cccc(Cl)c3)=N2)c(Cl)c1. The number of hydrogen-bond donors (Lipinski definition) is 1. The number of aryl methyl sites for hydroxylation is 1. The van der Waals surface area contributed by atoms with Gasteiger partial charge in [0.05, 0.1) is 29.9 Å². The largest absolute Gasteiger partial charge is 0.455 e. The average Bonchev–Trinajstić information content (AvgIpc) is 3.23. The van der Waals surface area contributed by atoms with Crippen molar-refractivity contribution in [2.75, 3.05) is 6.61 Å². The van der Waals surface area contributed by atoms with E-state index in [1.807, 2.05) is 49.5 Å². The fourth-order valence-corrected chi connectivity index (χ4v) is 4.12. The summed E-state index contributed by atoms with van der Waals surface area (Å²) in [7, 11) is 0. The normalized spacial score (nSPS) is 16.0. The molecule has 0 spiro atoms. The molecular weight excluding hydrogens is 447 g/mol. The summed E-state index contributed by atoms with van der Waals surface area (Å²) in [6, 6.07) is 17.1. The molecule has 0 saturated heterocycles. The topological polar surface area (TPSA) is 60.2 Å². The molecule has 1 atom stereocenters. The van der Waals surface area contributed by atoms with Gasteiger partial charge in [0.2, 0.25) is 0 Å². The summed E-state index contributed by atoms with van der Waals surface area (Å²) in [6.45, 7) is 2.46. The molecule has 162 valence electrons. The van der Waals surface area contributed by atoms with Crippen LogP contribution >= 0.6 is 23.2 Å². The maximum Gasteiger partial charge on any atom is 0.156 e. The minimum Gasteiger partial charge on any atom is -0.455 e. The number of hydroxylamine groups is 1. The Labute approximate surface area is 195 Å². The summed E-state index contributed by atoms with van der Waals surface area (Å²) in [4.78, 5) is 10.6. The van der Waals surface area contributed by atoms with Crippen LogP contribution in [-0.2, 0) is 11.3 Å². The molecule has 2 aromatic heterocycles. The van der Waals surface area contributed by atoms with Crippen LogP contribution in [0, 0.1) is 6.92 Å². The van der Waals surface area contributed by atoms with Crippen molar-refractivity contribution in [2.45, 2.75) is 19.4 Å². The first-order chi connectivity index (χ1) is 15.5. The van der Waals surface area contributed by atoms with E-state index in [0.717, 1.165) is 27.2 Å². The lowest BCUT2D eigenvalue weighted by molar-refractivity contribution is 0.0623. The number of fused-ring (bicyclic) bond motifs is 1. The van der Waals surface area contributed by atoms with Gasteiger partial charge >= 0.3 is 0 Å². The first kappa shape index (κ1) is 20.8. The molecule has 32 heavy (non-hydrogen) atoms. The Bertz CT molecular complexity index is 1320. The monoisotopic (exact) mass is 466 g/mol. The minimum atomic E-state index is -0.0911. The second-order valence-electron chi connectivity index (χ2n) is 7.66. The Hall–Kier alpha value is -3.06. The Balaban J connectivity index is 1.50. The highest BCUT2D eigenvalue weighted by atomic mass is 35.5. The zero-order valence-corrected chi connectivity index (χ0v) is 18.8. The molecule has 3 heterocycles. The zero-order valence-electron chi connectivity index (χ0n) is 17.3. The average molecular weight is 467 g/mol. The zero-order chi connectivity index (χ0) is 22.1. The highest BCUT2D eigenvalue weighted by Gasteiger charge is 2.22. The van der Waals surface area contributed by atoms with E-state index < -0.39 is 0 Å². The first-order valence-corrected chi connectivity index (χ1v) is 10.9. The van der Waals surface area contributed by atoms with E-state index >= 15 is 0 Å². The number of rotatable bonds is 5. The quantitative estimate of drug-likeness (QED) is 0.413. The number of nitrogens with one attached hydrogen (secondary N) is 1. The van der Waals surface area contributed by atoms with Gasteiger partial charge in [0.25, 0.3) is 0 Å². The van der Waals surface area contributed by atoms with E-state index in [0.29, 0.717) is 35.4 Å². The number of benzene rings is 2. The van der Waals surface area contributed by atoms with Gasteiger partial charge in [-0.2, -0.15) is 5.10 Å². The van der Waals surface area contributed by atoms with Gasteiger partial charge in [-0.3, -0.25) is 9.83 Å². The number of nitrogens with zero attached hydrogens (tertiary/aromatic N) is 3. The molecule has 0 amide bonds. The Morgan fingerprint density at radius 3 is 2.91 bits per heavy atom. The first-order valence-electron chi connectivity index (χ1n) is 10.2. The summed E-state index contributed by atoms with van der Waals surface area (Å²) in [5.74, 6) is 1.78. The molecule has 0 aliphatic carbocycles. The summed E-state index contributed by atoms with van der Waals surface area (Å²) in [6.07, 6.45) is 4.22. The second-order valence-corrected chi connectivity index (χ2v) is 8.50. The van der Waals surface area contributed by atoms with Gasteiger partial charge in [-0.05, 0) is 60.9 Å². The molecule has 5 rings (SSSR count). The molecule has 2 aromatic carbocycles. The van der Waals surface area contributed by atoms with Gasteiger partial charge in [-0.15, -0.1) is 0 Å². The lowest BCUT2D eigenvalue weighted by Crippen LogP contribution is -2.36. The van der Waals surface area contributed by atoms with Crippen LogP contribution in [-0.4, -0.2) is 28.1 Å². The Kier molecular flexibility index (Phi) is 5.74. The van der Waals surface area contributed by atoms with Crippen LogP contribution in [0.3, 0.4) is 0 Å². The van der Waals surface area contributed by atoms with Crippen molar-refractivity contribution >= 4 is 34.6 Å². The van der Waals surface area contributed by atoms with Crippen LogP contribution in [0.5, 0.6) is 11.5 Å². The Morgan fingerprint density at radius 1 is 1.16 bits per heavy atom. The van der Waals surface area contributed by atoms with E-state index in [9.17, 15) is 0 Å². The van der Waals surface area contributed by atoms with E-state index in [-0.39, 0.29) is 6.04 Å². The smallest absolute Gasteiger partial charge is 0.156 e. The lowest BCUT2D eigenvalue weighted by Gasteiger charge is -2.23. The molecule has 4 aromatic rings. The third kappa shape index (κ3) is 4.43. The third-order valence-electron chi connectivity index (χ3n) is 5.20. The fraction of sp³-hybridized carbons (Fsp3) is 0.167. The number of ether oxygens (including phenoxy) is 1. The maximum atomic E-state index is 6.44. The second kappa shape index (κ2) is 8.82. The Morgan fingerprint density at radius 2 is 2.06 bits per heavy atom. The van der Waals surface area contributed by atoms with Gasteiger partial charge in [0.15, 0.2) is 11.6 Å². The molecule has 0 bridgehead atoms. The third-order valence-corrected chi connectivity index (χ3v) is 5.78. The van der Waals surface area contributed by atoms with Crippen molar-refractivity contribution in [3.8, 4) is 11.5 Å². The molecule has 1 aliphatic rings. The standard InChI is InChI=1S/C24H20Cl2N4O2/c1-15-5-6-16(22(26)9-15)10-18-14-31-29-24(28-18)21-12-19-7-8-27-30(19)13-23(21)32-20-4-2-3-17(25)11-20/h2-9,11-13,18H,10,14H2,1H3,(H,28,29)/t18-/m1/s1. The molecular formula is C24H20Cl2N4O2. The number of aromatic nitrogens is 2. The molecule has 0 radical (unpaired) electrons. The number of aliphatic imine (C=N–C) groups is 1. The fourth-order valence-electron chi connectivity index (χ4n) is 3.62. The van der Waals surface area contributed by atoms with Crippen molar-refractivity contribution in [3.05, 3.63) is 93.7 Å². The van der Waals surface area contributed by atoms with Gasteiger partial charge < -0.3 is 4.74 Å². The van der Waals surface area contributed by atoms with E-state index in [1.54, 1.807) is 22.8 Å². The lowest BCUT2D eigenvalue weighted by atomic mass is 10.0. The molecule has 1 N–H and O–H groups in total. The van der Waals surface area contributed by atoms with Crippen LogP contribution in [0.15, 0.2) is 72.0 Å². The molecule has 6 nitrogen and oxygen atoms in total. The molecule has 0 fully saturated rings. The van der Waals surface area contributed by atoms with Crippen LogP contribution in [0.4, 0.5) is 0 Å². The van der Waals surface area contributed by atoms with Gasteiger partial charge in [0.1, 0.15) is 5.75 Å². The predicted molar refractivity (Wildman–Crippen MR) is 126 cm³/mol. The van der Waals surface area contributed by atoms with E-state index in [1.165, 1.54) is 0 Å². The molecule has 0 saturated carbocycles. The number of pyridine rings is 1. The van der Waals surface area contributed by atoms with Crippen LogP contribution in [0.2, 0.25) is 10.0 Å². The summed E-state index contributed by atoms with van der Waals surface area (Å²) >= 11 is 12.6. The number of amidine groups is 1. The van der Waals surface area contributed by atoms with E-state index in [4.69, 9.17) is 37.8 Å². The summed E-state index contributed by atoms with van der Waals surface area (Å²) in [5, 5.41) is 5.65. The molecule has 8 heteroatoms. The number of halogens is 2. The molecule has 1 aliphatic heterocycles. The number of hydrogen-bond acceptors (Lipinski definition) is 5. The van der Waals surface area contributed by atoms with Crippen LogP contribution < -0.4 is 10.2 Å². The van der Waals surface area contributed by atoms with Gasteiger partial charge in [0, 0.05) is 16.2 Å². The van der Waals surface area contributed by atoms with Crippen molar-refractivity contribution in [1.29, 1.82) is 0 Å². The van der Waals surface area contributed by atoms with Crippen LogP contribution in [0.25, 0.3) is 5.52 Å². The summed E-state index contributed by atoms with van der Waals surface area (Å²) < 4.78 is 7.91. The van der Waals surface area contributed by atoms with Crippen molar-refractivity contribution < 1.29 is 9.57 Å². The van der Waals surface area contributed by atoms with Crippen molar-refractivity contribution in [3.63, 3.8) is 0 Å². The maximum absolute atomic E-state index is 6.44. The highest BCUT2D eigenvalue weighted by molar-refractivity contribution is 6.31. The predicted octanol–water partition coefficient (Wildman–Crippen LogP) is 5.63. The van der Waals surface area contributed by atoms with Crippen molar-refractivity contribution in [1.82, 2.24) is 15.1 Å². The van der Waals surface area contributed by atoms with Gasteiger partial charge in [-0.25, -0.2) is 10.00 Å². The van der Waals surface area contributed by atoms with Gasteiger partial charge in [-0.1, -0.05) is 41.4 Å².